The Morgan fingerprint density at radius 1 is 1.21 bits per heavy atom. The van der Waals surface area contributed by atoms with Crippen LogP contribution in [0.25, 0.3) is 0 Å². The Morgan fingerprint density at radius 3 is 1.71 bits per heavy atom. The number of hydrogen-bond donors (Lipinski definition) is 4. The fourth-order valence-corrected chi connectivity index (χ4v) is 2.18. The number of aliphatic carboxylic acids is 2. The lowest BCUT2D eigenvalue weighted by Crippen LogP contribution is -2.34. The second-order valence-corrected chi connectivity index (χ2v) is 4.46. The van der Waals surface area contributed by atoms with Crippen molar-refractivity contribution in [1.29, 1.82) is 0 Å². The summed E-state index contributed by atoms with van der Waals surface area (Å²) in [5.74, 6) is -4.90. The van der Waals surface area contributed by atoms with Crippen molar-refractivity contribution in [2.24, 2.45) is 5.92 Å². The smallest absolute Gasteiger partial charge is 0.340 e. The summed E-state index contributed by atoms with van der Waals surface area (Å²) in [6.07, 6.45) is -0.155. The molecule has 8 heteroatoms. The average Bonchev–Trinajstić information content (AvgIpc) is 1.95. The van der Waals surface area contributed by atoms with E-state index in [1.165, 1.54) is 6.92 Å². The van der Waals surface area contributed by atoms with Gasteiger partial charge in [-0.1, -0.05) is 6.92 Å². The molecule has 0 aromatic carbocycles. The SMILES string of the molecule is CCC(C(=O)O)C(C(=O)O)P(=O)(O)O. The molecule has 0 aliphatic carbocycles. The minimum absolute atomic E-state index is 0.155. The molecule has 4 N–H and O–H groups in total. The van der Waals surface area contributed by atoms with Crippen molar-refractivity contribution in [3.63, 3.8) is 0 Å². The summed E-state index contributed by atoms with van der Waals surface area (Å²) in [5.41, 5.74) is -2.18. The summed E-state index contributed by atoms with van der Waals surface area (Å²) in [5, 5.41) is 17.1. The quantitative estimate of drug-likeness (QED) is 0.474. The van der Waals surface area contributed by atoms with Crippen LogP contribution in [0.5, 0.6) is 0 Å². The molecule has 2 unspecified atom stereocenters. The first-order chi connectivity index (χ1) is 6.21. The van der Waals surface area contributed by atoms with Gasteiger partial charge in [-0.2, -0.15) is 0 Å². The minimum Gasteiger partial charge on any atom is -0.481 e. The van der Waals surface area contributed by atoms with Crippen molar-refractivity contribution in [1.82, 2.24) is 0 Å². The molecule has 82 valence electrons. The molecule has 0 aromatic rings. The van der Waals surface area contributed by atoms with Crippen molar-refractivity contribution in [3.8, 4) is 0 Å². The molecule has 0 rings (SSSR count). The van der Waals surface area contributed by atoms with E-state index in [4.69, 9.17) is 20.0 Å². The van der Waals surface area contributed by atoms with Crippen LogP contribution in [0.4, 0.5) is 0 Å². The highest BCUT2D eigenvalue weighted by atomic mass is 31.2. The minimum atomic E-state index is -4.94. The highest BCUT2D eigenvalue weighted by Crippen LogP contribution is 2.45. The van der Waals surface area contributed by atoms with E-state index in [2.05, 4.69) is 0 Å². The standard InChI is InChI=1S/C6H11O7P/c1-2-3(5(7)8)4(6(9)10)14(11,12)13/h3-4H,2H2,1H3,(H,7,8)(H,9,10)(H2,11,12,13). The lowest BCUT2D eigenvalue weighted by molar-refractivity contribution is -0.148. The Bertz CT molecular complexity index is 280. The first kappa shape index (κ1) is 13.1. The topological polar surface area (TPSA) is 132 Å². The molecule has 0 saturated heterocycles. The van der Waals surface area contributed by atoms with Crippen molar-refractivity contribution >= 4 is 19.5 Å². The van der Waals surface area contributed by atoms with Crippen LogP contribution in [-0.4, -0.2) is 37.6 Å². The average molecular weight is 226 g/mol. The second kappa shape index (κ2) is 4.54. The van der Waals surface area contributed by atoms with Gasteiger partial charge in [-0.25, -0.2) is 0 Å². The Kier molecular flexibility index (Phi) is 4.25. The van der Waals surface area contributed by atoms with Gasteiger partial charge in [-0.3, -0.25) is 14.2 Å². The van der Waals surface area contributed by atoms with Crippen LogP contribution in [0.3, 0.4) is 0 Å². The zero-order chi connectivity index (χ0) is 11.5. The van der Waals surface area contributed by atoms with Gasteiger partial charge >= 0.3 is 19.5 Å². The maximum Gasteiger partial charge on any atom is 0.340 e. The van der Waals surface area contributed by atoms with Crippen LogP contribution < -0.4 is 0 Å². The van der Waals surface area contributed by atoms with Crippen molar-refractivity contribution in [2.45, 2.75) is 19.0 Å². The first-order valence-corrected chi connectivity index (χ1v) is 5.40. The molecule has 0 heterocycles. The Hall–Kier alpha value is -0.910. The van der Waals surface area contributed by atoms with Gasteiger partial charge in [0.25, 0.3) is 0 Å². The third-order valence-corrected chi connectivity index (χ3v) is 3.06. The van der Waals surface area contributed by atoms with E-state index >= 15 is 0 Å². The second-order valence-electron chi connectivity index (χ2n) is 2.73. The fraction of sp³-hybridized carbons (Fsp3) is 0.667. The molecule has 0 spiro atoms. The Labute approximate surface area is 79.5 Å². The number of rotatable bonds is 5. The molecular weight excluding hydrogens is 215 g/mol. The maximum atomic E-state index is 10.7. The number of carboxylic acids is 2. The van der Waals surface area contributed by atoms with Crippen LogP contribution in [0.1, 0.15) is 13.3 Å². The number of carboxylic acid groups (broad SMARTS) is 2. The predicted molar refractivity (Wildman–Crippen MR) is 44.9 cm³/mol. The Balaban J connectivity index is 5.10. The van der Waals surface area contributed by atoms with E-state index < -0.39 is 31.1 Å². The van der Waals surface area contributed by atoms with Crippen LogP contribution in [0.15, 0.2) is 0 Å². The summed E-state index contributed by atoms with van der Waals surface area (Å²) in [7, 11) is -4.94. The molecule has 0 bridgehead atoms. The Morgan fingerprint density at radius 2 is 1.64 bits per heavy atom. The molecular formula is C6H11O7P. The van der Waals surface area contributed by atoms with Crippen LogP contribution >= 0.6 is 7.60 Å². The zero-order valence-electron chi connectivity index (χ0n) is 7.32. The highest BCUT2D eigenvalue weighted by Gasteiger charge is 2.44. The third-order valence-electron chi connectivity index (χ3n) is 1.75. The van der Waals surface area contributed by atoms with E-state index in [1.54, 1.807) is 0 Å². The van der Waals surface area contributed by atoms with Gasteiger partial charge < -0.3 is 20.0 Å². The molecule has 2 atom stereocenters. The molecule has 0 aliphatic heterocycles. The molecule has 0 radical (unpaired) electrons. The van der Waals surface area contributed by atoms with Crippen LogP contribution in [-0.2, 0) is 14.2 Å². The van der Waals surface area contributed by atoms with Gasteiger partial charge in [0.1, 0.15) is 0 Å². The number of hydrogen-bond acceptors (Lipinski definition) is 3. The van der Waals surface area contributed by atoms with Gasteiger partial charge in [-0.15, -0.1) is 0 Å². The summed E-state index contributed by atoms with van der Waals surface area (Å²) in [4.78, 5) is 38.3. The van der Waals surface area contributed by atoms with Gasteiger partial charge in [0.15, 0.2) is 5.66 Å². The molecule has 7 nitrogen and oxygen atoms in total. The van der Waals surface area contributed by atoms with Crippen molar-refractivity contribution < 1.29 is 34.2 Å². The zero-order valence-corrected chi connectivity index (χ0v) is 8.22. The van der Waals surface area contributed by atoms with E-state index in [9.17, 15) is 14.2 Å². The normalized spacial score (nSPS) is 15.9. The molecule has 14 heavy (non-hydrogen) atoms. The van der Waals surface area contributed by atoms with Crippen molar-refractivity contribution in [2.75, 3.05) is 0 Å². The van der Waals surface area contributed by atoms with Gasteiger partial charge in [0.2, 0.25) is 0 Å². The summed E-state index contributed by atoms with van der Waals surface area (Å²) in [6.45, 7) is 1.35. The fourth-order valence-electron chi connectivity index (χ4n) is 1.08. The van der Waals surface area contributed by atoms with Crippen LogP contribution in [0.2, 0.25) is 0 Å². The van der Waals surface area contributed by atoms with Gasteiger partial charge in [0, 0.05) is 0 Å². The summed E-state index contributed by atoms with van der Waals surface area (Å²) in [6, 6.07) is 0. The molecule has 0 aromatic heterocycles. The van der Waals surface area contributed by atoms with Gasteiger partial charge in [-0.05, 0) is 6.42 Å². The molecule has 0 saturated carbocycles. The molecule has 0 fully saturated rings. The van der Waals surface area contributed by atoms with E-state index in [0.717, 1.165) is 0 Å². The van der Waals surface area contributed by atoms with Gasteiger partial charge in [0.05, 0.1) is 5.92 Å². The first-order valence-electron chi connectivity index (χ1n) is 3.72. The lowest BCUT2D eigenvalue weighted by Gasteiger charge is -2.19. The number of carbonyl (C=O) groups is 2. The molecule has 0 aliphatic rings. The largest absolute Gasteiger partial charge is 0.481 e. The third kappa shape index (κ3) is 3.10. The maximum absolute atomic E-state index is 10.7. The summed E-state index contributed by atoms with van der Waals surface area (Å²) >= 11 is 0. The summed E-state index contributed by atoms with van der Waals surface area (Å²) < 4.78 is 10.7. The van der Waals surface area contributed by atoms with E-state index in [1.807, 2.05) is 0 Å². The van der Waals surface area contributed by atoms with Crippen molar-refractivity contribution in [3.05, 3.63) is 0 Å². The molecule has 0 amide bonds. The highest BCUT2D eigenvalue weighted by molar-refractivity contribution is 7.53. The van der Waals surface area contributed by atoms with Crippen LogP contribution in [0, 0.1) is 5.92 Å². The predicted octanol–water partition coefficient (Wildman–Crippen LogP) is -0.272. The monoisotopic (exact) mass is 226 g/mol. The van der Waals surface area contributed by atoms with E-state index in [-0.39, 0.29) is 6.42 Å². The lowest BCUT2D eigenvalue weighted by atomic mass is 10.0. The van der Waals surface area contributed by atoms with E-state index in [0.29, 0.717) is 0 Å².